The van der Waals surface area contributed by atoms with Gasteiger partial charge in [-0.25, -0.2) is 8.42 Å². The van der Waals surface area contributed by atoms with Gasteiger partial charge in [-0.15, -0.1) is 0 Å². The first kappa shape index (κ1) is 33.2. The highest BCUT2D eigenvalue weighted by atomic mass is 32.2. The van der Waals surface area contributed by atoms with Crippen LogP contribution in [0.25, 0.3) is 0 Å². The number of nitrogens with zero attached hydrogens (tertiary/aromatic N) is 1. The van der Waals surface area contributed by atoms with Gasteiger partial charge in [0.2, 0.25) is 21.7 Å². The number of benzene rings is 2. The number of nitrogens with one attached hydrogen (secondary N) is 2. The zero-order chi connectivity index (χ0) is 30.5. The van der Waals surface area contributed by atoms with Crippen LogP contribution in [0.3, 0.4) is 0 Å². The summed E-state index contributed by atoms with van der Waals surface area (Å²) in [4.78, 5) is 29.7. The van der Waals surface area contributed by atoms with Gasteiger partial charge in [0.15, 0.2) is 0 Å². The van der Waals surface area contributed by atoms with Gasteiger partial charge in [-0.1, -0.05) is 97.0 Å². The normalized spacial score (nSPS) is 15.3. The number of carbonyl (C=O) groups excluding carboxylic acids is 2. The molecule has 0 aromatic heterocycles. The van der Waals surface area contributed by atoms with Crippen LogP contribution in [0.15, 0.2) is 76.5 Å². The van der Waals surface area contributed by atoms with Crippen molar-refractivity contribution in [1.29, 1.82) is 0 Å². The fourth-order valence-electron chi connectivity index (χ4n) is 4.95. The Bertz CT molecular complexity index is 1280. The number of allylic oxidation sites excluding steroid dienone is 1. The summed E-state index contributed by atoms with van der Waals surface area (Å²) >= 11 is 0. The Balaban J connectivity index is 2.40. The molecule has 220 valence electrons. The van der Waals surface area contributed by atoms with Crippen molar-refractivity contribution < 1.29 is 18.0 Å². The van der Waals surface area contributed by atoms with E-state index in [4.69, 9.17) is 0 Å². The lowest BCUT2D eigenvalue weighted by molar-refractivity contribution is -0.140. The van der Waals surface area contributed by atoms with E-state index in [-0.39, 0.29) is 27.5 Å². The number of hydrogen-bond acceptors (Lipinski definition) is 5. The third kappa shape index (κ3) is 7.61. The van der Waals surface area contributed by atoms with E-state index in [2.05, 4.69) is 10.6 Å². The lowest BCUT2D eigenvalue weighted by atomic mass is 9.76. The predicted molar refractivity (Wildman–Crippen MR) is 162 cm³/mol. The number of sulfone groups is 1. The molecule has 0 aliphatic heterocycles. The third-order valence-corrected chi connectivity index (χ3v) is 9.43. The quantitative estimate of drug-likeness (QED) is 0.400. The minimum Gasteiger partial charge on any atom is -0.342 e. The molecule has 0 bridgehead atoms. The van der Waals surface area contributed by atoms with E-state index in [1.807, 2.05) is 78.8 Å². The summed E-state index contributed by atoms with van der Waals surface area (Å²) in [6.07, 6.45) is 1.64. The number of rotatable bonds is 11. The lowest BCUT2D eigenvalue weighted by Gasteiger charge is -2.40. The van der Waals surface area contributed by atoms with Crippen LogP contribution in [0.2, 0.25) is 0 Å². The van der Waals surface area contributed by atoms with Gasteiger partial charge in [-0.3, -0.25) is 9.59 Å². The number of likely N-dealkylation sites (N-methyl/N-ethyl adjacent to an activating group) is 2. The molecule has 0 saturated carbocycles. The van der Waals surface area contributed by atoms with E-state index >= 15 is 0 Å². The van der Waals surface area contributed by atoms with Crippen molar-refractivity contribution in [3.05, 3.63) is 77.2 Å². The fraction of sp³-hybridized carbons (Fsp3) is 0.500. The van der Waals surface area contributed by atoms with Crippen molar-refractivity contribution >= 4 is 21.7 Å². The first-order valence-electron chi connectivity index (χ1n) is 13.7. The second-order valence-electron chi connectivity index (χ2n) is 12.4. The van der Waals surface area contributed by atoms with Gasteiger partial charge in [-0.05, 0) is 49.1 Å². The van der Waals surface area contributed by atoms with Gasteiger partial charge >= 0.3 is 0 Å². The van der Waals surface area contributed by atoms with Gasteiger partial charge in [0.1, 0.15) is 6.04 Å². The second kappa shape index (κ2) is 13.1. The molecular formula is C32H47N3O4S. The fourth-order valence-corrected chi connectivity index (χ4v) is 6.15. The minimum absolute atomic E-state index is 0.0757. The van der Waals surface area contributed by atoms with Gasteiger partial charge < -0.3 is 15.5 Å². The van der Waals surface area contributed by atoms with Crippen molar-refractivity contribution in [3.8, 4) is 0 Å². The number of carbonyl (C=O) groups is 2. The molecule has 40 heavy (non-hydrogen) atoms. The maximum atomic E-state index is 14.0. The zero-order valence-corrected chi connectivity index (χ0v) is 26.5. The van der Waals surface area contributed by atoms with Crippen molar-refractivity contribution in [2.24, 2.45) is 11.3 Å². The molecule has 7 nitrogen and oxygen atoms in total. The standard InChI is InChI=1S/C32H47N3O4S/c1-22(2)26(21-23(3)40(38,39)25-19-15-12-16-20-25)35(10)30(37)28(31(4,5)6)34-29(36)27(33-9)32(7,8)24-17-13-11-14-18-24/h11-22,26-28,33H,1-10H3,(H,34,36)/b23-21+/t26-,27-,28-/m1/s1. The van der Waals surface area contributed by atoms with Crippen LogP contribution in [0, 0.1) is 11.3 Å². The van der Waals surface area contributed by atoms with Crippen LogP contribution in [-0.2, 0) is 24.8 Å². The molecule has 2 aromatic rings. The monoisotopic (exact) mass is 569 g/mol. The Morgan fingerprint density at radius 1 is 0.875 bits per heavy atom. The molecule has 3 atom stereocenters. The van der Waals surface area contributed by atoms with E-state index in [1.54, 1.807) is 62.3 Å². The summed E-state index contributed by atoms with van der Waals surface area (Å²) in [6, 6.07) is 16.1. The molecule has 0 fully saturated rings. The van der Waals surface area contributed by atoms with E-state index in [1.165, 1.54) is 0 Å². The summed E-state index contributed by atoms with van der Waals surface area (Å²) < 4.78 is 26.4. The van der Waals surface area contributed by atoms with Crippen LogP contribution in [-0.4, -0.2) is 57.4 Å². The Hall–Kier alpha value is -2.97. The molecule has 2 N–H and O–H groups in total. The maximum Gasteiger partial charge on any atom is 0.245 e. The molecule has 0 aliphatic carbocycles. The molecule has 0 radical (unpaired) electrons. The van der Waals surface area contributed by atoms with E-state index in [9.17, 15) is 18.0 Å². The first-order chi connectivity index (χ1) is 18.5. The lowest BCUT2D eigenvalue weighted by Crippen LogP contribution is -2.61. The van der Waals surface area contributed by atoms with Crippen molar-refractivity contribution in [1.82, 2.24) is 15.5 Å². The molecule has 0 unspecified atom stereocenters. The van der Waals surface area contributed by atoms with Crippen molar-refractivity contribution in [3.63, 3.8) is 0 Å². The summed E-state index contributed by atoms with van der Waals surface area (Å²) in [5.74, 6) is -0.640. The Kier molecular flexibility index (Phi) is 10.9. The molecule has 2 aromatic carbocycles. The summed E-state index contributed by atoms with van der Waals surface area (Å²) in [5, 5.41) is 6.19. The van der Waals surface area contributed by atoms with Crippen LogP contribution < -0.4 is 10.6 Å². The number of amides is 2. The Morgan fingerprint density at radius 2 is 1.38 bits per heavy atom. The van der Waals surface area contributed by atoms with Gasteiger partial charge in [-0.2, -0.15) is 0 Å². The van der Waals surface area contributed by atoms with Crippen molar-refractivity contribution in [2.75, 3.05) is 14.1 Å². The van der Waals surface area contributed by atoms with Crippen molar-refractivity contribution in [2.45, 2.75) is 83.8 Å². The largest absolute Gasteiger partial charge is 0.342 e. The molecular weight excluding hydrogens is 522 g/mol. The Labute approximate surface area is 241 Å². The SMILES string of the molecule is CN[C@H](C(=O)N[C@H](C(=O)N(C)[C@H](/C=C(\C)S(=O)(=O)c1ccccc1)C(C)C)C(C)(C)C)C(C)(C)c1ccccc1. The van der Waals surface area contributed by atoms with E-state index < -0.39 is 38.8 Å². The van der Waals surface area contributed by atoms with E-state index in [0.717, 1.165) is 5.56 Å². The molecule has 2 amide bonds. The van der Waals surface area contributed by atoms with Crippen LogP contribution in [0.4, 0.5) is 0 Å². The minimum atomic E-state index is -3.71. The number of hydrogen-bond donors (Lipinski definition) is 2. The highest BCUT2D eigenvalue weighted by Crippen LogP contribution is 2.29. The van der Waals surface area contributed by atoms with Crippen LogP contribution in [0.1, 0.15) is 61.0 Å². The highest BCUT2D eigenvalue weighted by Gasteiger charge is 2.41. The summed E-state index contributed by atoms with van der Waals surface area (Å²) in [7, 11) is -0.299. The van der Waals surface area contributed by atoms with E-state index in [0.29, 0.717) is 0 Å². The average Bonchev–Trinajstić information content (AvgIpc) is 2.89. The second-order valence-corrected chi connectivity index (χ2v) is 14.5. The van der Waals surface area contributed by atoms with Gasteiger partial charge in [0.25, 0.3) is 0 Å². The smallest absolute Gasteiger partial charge is 0.245 e. The topological polar surface area (TPSA) is 95.6 Å². The molecule has 0 heterocycles. The average molecular weight is 570 g/mol. The molecule has 0 spiro atoms. The summed E-state index contributed by atoms with van der Waals surface area (Å²) in [5.41, 5.74) is -0.156. The maximum absolute atomic E-state index is 14.0. The molecule has 8 heteroatoms. The van der Waals surface area contributed by atoms with Crippen LogP contribution in [0.5, 0.6) is 0 Å². The first-order valence-corrected chi connectivity index (χ1v) is 15.2. The van der Waals surface area contributed by atoms with Crippen LogP contribution >= 0.6 is 0 Å². The van der Waals surface area contributed by atoms with Gasteiger partial charge in [0.05, 0.1) is 17.0 Å². The molecule has 0 saturated heterocycles. The predicted octanol–water partition coefficient (Wildman–Crippen LogP) is 4.94. The van der Waals surface area contributed by atoms with Gasteiger partial charge in [0, 0.05) is 17.4 Å². The molecule has 2 rings (SSSR count). The summed E-state index contributed by atoms with van der Waals surface area (Å²) in [6.45, 7) is 15.2. The molecule has 0 aliphatic rings. The zero-order valence-electron chi connectivity index (χ0n) is 25.6. The highest BCUT2D eigenvalue weighted by molar-refractivity contribution is 7.95. The third-order valence-electron chi connectivity index (χ3n) is 7.55. The Morgan fingerprint density at radius 3 is 1.82 bits per heavy atom.